The van der Waals surface area contributed by atoms with Crippen LogP contribution in [-0.4, -0.2) is 36.9 Å². The number of nitrogens with zero attached hydrogens (tertiary/aromatic N) is 1. The van der Waals surface area contributed by atoms with Gasteiger partial charge in [-0.3, -0.25) is 4.99 Å². The molecule has 1 aromatic carbocycles. The Labute approximate surface area is 150 Å². The van der Waals surface area contributed by atoms with Crippen LogP contribution in [0.25, 0.3) is 0 Å². The molecule has 0 aromatic heterocycles. The van der Waals surface area contributed by atoms with Gasteiger partial charge in [0.05, 0.1) is 19.3 Å². The molecule has 0 amide bonds. The number of aliphatic hydroxyl groups is 1. The summed E-state index contributed by atoms with van der Waals surface area (Å²) in [4.78, 5) is 4.21. The molecule has 1 rings (SSSR count). The standard InChI is InChI=1S/C16H27N3O2.HI/c1-4-16(20,5-2)12-19-15(17)18-11-10-13-6-8-14(21-3)9-7-13;/h6-9,20H,4-5,10-12H2,1-3H3,(H3,17,18,19);1H. The van der Waals surface area contributed by atoms with Crippen molar-refractivity contribution in [3.63, 3.8) is 0 Å². The van der Waals surface area contributed by atoms with E-state index < -0.39 is 5.60 Å². The number of aliphatic imine (C=N–C) groups is 1. The molecule has 126 valence electrons. The highest BCUT2D eigenvalue weighted by molar-refractivity contribution is 14.0. The number of hydrogen-bond donors (Lipinski definition) is 3. The van der Waals surface area contributed by atoms with E-state index in [0.29, 0.717) is 31.9 Å². The Balaban J connectivity index is 0.00000441. The smallest absolute Gasteiger partial charge is 0.188 e. The maximum atomic E-state index is 10.1. The van der Waals surface area contributed by atoms with Crippen LogP contribution < -0.4 is 15.8 Å². The van der Waals surface area contributed by atoms with Crippen molar-refractivity contribution in [3.8, 4) is 5.75 Å². The number of methoxy groups -OCH3 is 1. The largest absolute Gasteiger partial charge is 0.497 e. The molecule has 1 aromatic rings. The predicted octanol–water partition coefficient (Wildman–Crippen LogP) is 2.31. The predicted molar refractivity (Wildman–Crippen MR) is 102 cm³/mol. The van der Waals surface area contributed by atoms with Gasteiger partial charge in [-0.05, 0) is 37.0 Å². The number of hydrogen-bond acceptors (Lipinski definition) is 3. The molecule has 0 bridgehead atoms. The zero-order chi connectivity index (χ0) is 15.7. The van der Waals surface area contributed by atoms with E-state index >= 15 is 0 Å². The average molecular weight is 421 g/mol. The fourth-order valence-corrected chi connectivity index (χ4v) is 1.89. The van der Waals surface area contributed by atoms with E-state index in [-0.39, 0.29) is 24.0 Å². The summed E-state index contributed by atoms with van der Waals surface area (Å²) in [5.41, 5.74) is 6.26. The quantitative estimate of drug-likeness (QED) is 0.342. The Morgan fingerprint density at radius 1 is 1.27 bits per heavy atom. The number of halogens is 1. The molecule has 5 nitrogen and oxygen atoms in total. The molecule has 0 spiro atoms. The molecule has 0 fully saturated rings. The van der Waals surface area contributed by atoms with Crippen molar-refractivity contribution in [2.45, 2.75) is 38.7 Å². The van der Waals surface area contributed by atoms with Crippen LogP contribution in [0.1, 0.15) is 32.3 Å². The zero-order valence-corrected chi connectivity index (χ0v) is 16.0. The number of nitrogens with one attached hydrogen (secondary N) is 1. The minimum absolute atomic E-state index is 0. The Kier molecular flexibility index (Phi) is 10.2. The van der Waals surface area contributed by atoms with Gasteiger partial charge in [0.25, 0.3) is 0 Å². The van der Waals surface area contributed by atoms with Crippen LogP contribution in [0.4, 0.5) is 0 Å². The second-order valence-corrected chi connectivity index (χ2v) is 5.16. The minimum Gasteiger partial charge on any atom is -0.497 e. The number of guanidine groups is 1. The fourth-order valence-electron chi connectivity index (χ4n) is 1.89. The number of nitrogens with two attached hydrogens (primary N) is 1. The number of benzene rings is 1. The molecule has 0 unspecified atom stereocenters. The second-order valence-electron chi connectivity index (χ2n) is 5.16. The molecule has 0 atom stereocenters. The third-order valence-corrected chi connectivity index (χ3v) is 3.74. The molecule has 0 radical (unpaired) electrons. The van der Waals surface area contributed by atoms with Gasteiger partial charge >= 0.3 is 0 Å². The van der Waals surface area contributed by atoms with Crippen molar-refractivity contribution >= 4 is 29.9 Å². The van der Waals surface area contributed by atoms with E-state index in [4.69, 9.17) is 10.5 Å². The normalized spacial score (nSPS) is 11.7. The van der Waals surface area contributed by atoms with Crippen molar-refractivity contribution in [2.24, 2.45) is 10.7 Å². The first-order valence-electron chi connectivity index (χ1n) is 7.42. The molecule has 0 saturated heterocycles. The van der Waals surface area contributed by atoms with Gasteiger partial charge in [-0.15, -0.1) is 24.0 Å². The summed E-state index contributed by atoms with van der Waals surface area (Å²) >= 11 is 0. The first-order valence-corrected chi connectivity index (χ1v) is 7.42. The maximum Gasteiger partial charge on any atom is 0.188 e. The molecular weight excluding hydrogens is 393 g/mol. The lowest BCUT2D eigenvalue weighted by atomic mass is 9.98. The van der Waals surface area contributed by atoms with Crippen LogP contribution in [0, 0.1) is 0 Å². The fraction of sp³-hybridized carbons (Fsp3) is 0.562. The highest BCUT2D eigenvalue weighted by Gasteiger charge is 2.21. The first-order chi connectivity index (χ1) is 10.0. The minimum atomic E-state index is -0.748. The highest BCUT2D eigenvalue weighted by Crippen LogP contribution is 2.14. The van der Waals surface area contributed by atoms with Gasteiger partial charge in [0.15, 0.2) is 5.96 Å². The first kappa shape index (κ1) is 21.0. The summed E-state index contributed by atoms with van der Waals surface area (Å²) in [6.45, 7) is 4.94. The topological polar surface area (TPSA) is 79.9 Å². The van der Waals surface area contributed by atoms with Crippen molar-refractivity contribution < 1.29 is 9.84 Å². The number of ether oxygens (including phenoxy) is 1. The Morgan fingerprint density at radius 3 is 2.36 bits per heavy atom. The monoisotopic (exact) mass is 421 g/mol. The lowest BCUT2D eigenvalue weighted by molar-refractivity contribution is 0.0418. The highest BCUT2D eigenvalue weighted by atomic mass is 127. The van der Waals surface area contributed by atoms with Crippen molar-refractivity contribution in [2.75, 3.05) is 20.2 Å². The summed E-state index contributed by atoms with van der Waals surface area (Å²) in [6, 6.07) is 7.94. The van der Waals surface area contributed by atoms with Gasteiger partial charge in [-0.2, -0.15) is 0 Å². The van der Waals surface area contributed by atoms with Crippen LogP contribution >= 0.6 is 24.0 Å². The third kappa shape index (κ3) is 7.31. The van der Waals surface area contributed by atoms with E-state index in [1.54, 1.807) is 7.11 Å². The summed E-state index contributed by atoms with van der Waals surface area (Å²) < 4.78 is 5.12. The summed E-state index contributed by atoms with van der Waals surface area (Å²) in [5.74, 6) is 1.23. The molecule has 22 heavy (non-hydrogen) atoms. The molecule has 0 saturated carbocycles. The van der Waals surface area contributed by atoms with Crippen molar-refractivity contribution in [1.29, 1.82) is 0 Å². The summed E-state index contributed by atoms with van der Waals surface area (Å²) in [5, 5.41) is 13.2. The zero-order valence-electron chi connectivity index (χ0n) is 13.6. The Morgan fingerprint density at radius 2 is 1.86 bits per heavy atom. The van der Waals surface area contributed by atoms with Gasteiger partial charge in [-0.1, -0.05) is 26.0 Å². The van der Waals surface area contributed by atoms with Gasteiger partial charge < -0.3 is 20.9 Å². The lowest BCUT2D eigenvalue weighted by Gasteiger charge is -2.22. The van der Waals surface area contributed by atoms with E-state index in [0.717, 1.165) is 12.2 Å². The summed E-state index contributed by atoms with van der Waals surface area (Å²) in [6.07, 6.45) is 2.20. The van der Waals surface area contributed by atoms with E-state index in [1.807, 2.05) is 38.1 Å². The SMILES string of the molecule is CCC(O)(CC)CN=C(N)NCCc1ccc(OC)cc1.I. The van der Waals surface area contributed by atoms with Crippen LogP contribution in [0.15, 0.2) is 29.3 Å². The third-order valence-electron chi connectivity index (χ3n) is 3.74. The Bertz CT molecular complexity index is 445. The van der Waals surface area contributed by atoms with E-state index in [9.17, 15) is 5.11 Å². The average Bonchev–Trinajstić information content (AvgIpc) is 2.53. The second kappa shape index (κ2) is 10.7. The van der Waals surface area contributed by atoms with E-state index in [2.05, 4.69) is 10.3 Å². The maximum absolute atomic E-state index is 10.1. The van der Waals surface area contributed by atoms with E-state index in [1.165, 1.54) is 5.56 Å². The van der Waals surface area contributed by atoms with Crippen molar-refractivity contribution in [3.05, 3.63) is 29.8 Å². The molecule has 4 N–H and O–H groups in total. The van der Waals surface area contributed by atoms with Gasteiger partial charge in [0.1, 0.15) is 5.75 Å². The lowest BCUT2D eigenvalue weighted by Crippen LogP contribution is -2.37. The Hall–Kier alpha value is -1.02. The molecule has 6 heteroatoms. The van der Waals surface area contributed by atoms with Crippen LogP contribution in [0.2, 0.25) is 0 Å². The molecule has 0 aliphatic carbocycles. The van der Waals surface area contributed by atoms with Crippen molar-refractivity contribution in [1.82, 2.24) is 5.32 Å². The van der Waals surface area contributed by atoms with Crippen LogP contribution in [-0.2, 0) is 6.42 Å². The van der Waals surface area contributed by atoms with Gasteiger partial charge in [0.2, 0.25) is 0 Å². The van der Waals surface area contributed by atoms with Gasteiger partial charge in [0, 0.05) is 6.54 Å². The van der Waals surface area contributed by atoms with Crippen LogP contribution in [0.5, 0.6) is 5.75 Å². The molecule has 0 aliphatic heterocycles. The molecule has 0 aliphatic rings. The molecular formula is C16H28IN3O2. The van der Waals surface area contributed by atoms with Crippen LogP contribution in [0.3, 0.4) is 0 Å². The van der Waals surface area contributed by atoms with Gasteiger partial charge in [-0.25, -0.2) is 0 Å². The number of rotatable bonds is 8. The molecule has 0 heterocycles. The summed E-state index contributed by atoms with van der Waals surface area (Å²) in [7, 11) is 1.65.